The van der Waals surface area contributed by atoms with E-state index in [-0.39, 0.29) is 0 Å². The summed E-state index contributed by atoms with van der Waals surface area (Å²) in [5.74, 6) is 0.179. The highest BCUT2D eigenvalue weighted by Crippen LogP contribution is 2.30. The Morgan fingerprint density at radius 3 is 2.62 bits per heavy atom. The second-order valence-electron chi connectivity index (χ2n) is 4.26. The molecule has 0 saturated heterocycles. The van der Waals surface area contributed by atoms with Crippen LogP contribution in [0.1, 0.15) is 10.4 Å². The standard InChI is InChI=1S/C15H15ClN2O3/c1-20-10-4-5-12(16)14(8-10)18-9-3-6-13(17)11(7-9)15(19)21-2/h3-8,18H,17H2,1-2H3. The number of halogens is 1. The number of nitrogen functional groups attached to an aromatic ring is 1. The number of benzene rings is 2. The Labute approximate surface area is 127 Å². The molecule has 0 aliphatic rings. The number of rotatable bonds is 4. The van der Waals surface area contributed by atoms with E-state index in [0.717, 1.165) is 0 Å². The molecule has 0 atom stereocenters. The predicted molar refractivity (Wildman–Crippen MR) is 83.5 cm³/mol. The van der Waals surface area contributed by atoms with Crippen LogP contribution in [0, 0.1) is 0 Å². The van der Waals surface area contributed by atoms with Crippen LogP contribution in [0.2, 0.25) is 5.02 Å². The van der Waals surface area contributed by atoms with Gasteiger partial charge < -0.3 is 20.5 Å². The Morgan fingerprint density at radius 2 is 1.95 bits per heavy atom. The number of ether oxygens (including phenoxy) is 2. The van der Waals surface area contributed by atoms with Gasteiger partial charge in [-0.1, -0.05) is 11.6 Å². The number of nitrogens with two attached hydrogens (primary N) is 1. The number of carbonyl (C=O) groups excluding carboxylic acids is 1. The number of methoxy groups -OCH3 is 2. The van der Waals surface area contributed by atoms with E-state index in [4.69, 9.17) is 22.1 Å². The first kappa shape index (κ1) is 15.0. The Morgan fingerprint density at radius 1 is 1.19 bits per heavy atom. The van der Waals surface area contributed by atoms with Crippen molar-refractivity contribution in [1.29, 1.82) is 0 Å². The number of hydrogen-bond donors (Lipinski definition) is 2. The molecule has 0 amide bonds. The van der Waals surface area contributed by atoms with Gasteiger partial charge in [0.25, 0.3) is 0 Å². The number of hydrogen-bond acceptors (Lipinski definition) is 5. The smallest absolute Gasteiger partial charge is 0.340 e. The van der Waals surface area contributed by atoms with Gasteiger partial charge in [-0.05, 0) is 30.3 Å². The van der Waals surface area contributed by atoms with Gasteiger partial charge in [0.15, 0.2) is 0 Å². The summed E-state index contributed by atoms with van der Waals surface area (Å²) < 4.78 is 9.84. The van der Waals surface area contributed by atoms with Gasteiger partial charge in [-0.15, -0.1) is 0 Å². The van der Waals surface area contributed by atoms with E-state index >= 15 is 0 Å². The first-order valence-electron chi connectivity index (χ1n) is 6.13. The molecule has 0 heterocycles. The van der Waals surface area contributed by atoms with Crippen molar-refractivity contribution in [2.75, 3.05) is 25.3 Å². The molecule has 0 saturated carbocycles. The minimum absolute atomic E-state index is 0.293. The molecule has 3 N–H and O–H groups in total. The summed E-state index contributed by atoms with van der Waals surface area (Å²) >= 11 is 6.13. The fourth-order valence-corrected chi connectivity index (χ4v) is 1.97. The summed E-state index contributed by atoms with van der Waals surface area (Å²) in [5.41, 5.74) is 7.73. The lowest BCUT2D eigenvalue weighted by Crippen LogP contribution is -2.06. The molecule has 21 heavy (non-hydrogen) atoms. The van der Waals surface area contributed by atoms with Gasteiger partial charge in [0, 0.05) is 17.4 Å². The molecule has 0 unspecified atom stereocenters. The molecule has 0 bridgehead atoms. The Kier molecular flexibility index (Phi) is 4.55. The fourth-order valence-electron chi connectivity index (χ4n) is 1.80. The number of carbonyl (C=O) groups is 1. The molecule has 110 valence electrons. The van der Waals surface area contributed by atoms with Crippen LogP contribution in [-0.4, -0.2) is 20.2 Å². The van der Waals surface area contributed by atoms with Gasteiger partial charge in [-0.3, -0.25) is 0 Å². The lowest BCUT2D eigenvalue weighted by Gasteiger charge is -2.12. The fraction of sp³-hybridized carbons (Fsp3) is 0.133. The lowest BCUT2D eigenvalue weighted by atomic mass is 10.1. The summed E-state index contributed by atoms with van der Waals surface area (Å²) in [6, 6.07) is 10.2. The van der Waals surface area contributed by atoms with Crippen molar-refractivity contribution < 1.29 is 14.3 Å². The third kappa shape index (κ3) is 3.38. The largest absolute Gasteiger partial charge is 0.497 e. The van der Waals surface area contributed by atoms with Crippen LogP contribution in [0.25, 0.3) is 0 Å². The molecule has 0 aliphatic carbocycles. The van der Waals surface area contributed by atoms with Crippen molar-refractivity contribution in [3.8, 4) is 5.75 Å². The molecule has 2 rings (SSSR count). The van der Waals surface area contributed by atoms with Gasteiger partial charge >= 0.3 is 5.97 Å². The highest BCUT2D eigenvalue weighted by atomic mass is 35.5. The van der Waals surface area contributed by atoms with Crippen LogP contribution >= 0.6 is 11.6 Å². The van der Waals surface area contributed by atoms with Crippen LogP contribution in [0.5, 0.6) is 5.75 Å². The zero-order valence-electron chi connectivity index (χ0n) is 11.6. The van der Waals surface area contributed by atoms with Crippen molar-refractivity contribution in [2.24, 2.45) is 0 Å². The summed E-state index contributed by atoms with van der Waals surface area (Å²) in [6.45, 7) is 0. The Hall–Kier alpha value is -2.40. The highest BCUT2D eigenvalue weighted by molar-refractivity contribution is 6.33. The van der Waals surface area contributed by atoms with Gasteiger partial charge in [0.05, 0.1) is 30.5 Å². The van der Waals surface area contributed by atoms with Crippen LogP contribution in [0.4, 0.5) is 17.1 Å². The van der Waals surface area contributed by atoms with Crippen molar-refractivity contribution in [2.45, 2.75) is 0 Å². The molecule has 0 spiro atoms. The second-order valence-corrected chi connectivity index (χ2v) is 4.67. The average molecular weight is 307 g/mol. The predicted octanol–water partition coefficient (Wildman–Crippen LogP) is 3.46. The van der Waals surface area contributed by atoms with E-state index in [2.05, 4.69) is 10.1 Å². The van der Waals surface area contributed by atoms with Gasteiger partial charge in [-0.25, -0.2) is 4.79 Å². The molecule has 0 aliphatic heterocycles. The Balaban J connectivity index is 2.34. The molecule has 0 radical (unpaired) electrons. The maximum atomic E-state index is 11.6. The molecule has 5 nitrogen and oxygen atoms in total. The van der Waals surface area contributed by atoms with Gasteiger partial charge in [0.1, 0.15) is 5.75 Å². The molecular weight excluding hydrogens is 292 g/mol. The molecule has 6 heteroatoms. The second kappa shape index (κ2) is 6.37. The van der Waals surface area contributed by atoms with E-state index in [1.165, 1.54) is 7.11 Å². The minimum Gasteiger partial charge on any atom is -0.497 e. The summed E-state index contributed by atoms with van der Waals surface area (Å²) in [5, 5.41) is 3.65. The van der Waals surface area contributed by atoms with Crippen molar-refractivity contribution in [3.63, 3.8) is 0 Å². The third-order valence-electron chi connectivity index (χ3n) is 2.91. The van der Waals surface area contributed by atoms with E-state index in [0.29, 0.717) is 33.4 Å². The van der Waals surface area contributed by atoms with Crippen molar-refractivity contribution in [3.05, 3.63) is 47.0 Å². The van der Waals surface area contributed by atoms with Crippen LogP contribution in [-0.2, 0) is 4.74 Å². The molecule has 0 aromatic heterocycles. The monoisotopic (exact) mass is 306 g/mol. The molecule has 0 fully saturated rings. The van der Waals surface area contributed by atoms with E-state index in [1.807, 2.05) is 0 Å². The lowest BCUT2D eigenvalue weighted by molar-refractivity contribution is 0.0602. The number of esters is 1. The maximum absolute atomic E-state index is 11.6. The quantitative estimate of drug-likeness (QED) is 0.668. The average Bonchev–Trinajstić information content (AvgIpc) is 2.50. The van der Waals surface area contributed by atoms with E-state index in [1.54, 1.807) is 43.5 Å². The normalized spacial score (nSPS) is 10.0. The topological polar surface area (TPSA) is 73.6 Å². The van der Waals surface area contributed by atoms with Crippen molar-refractivity contribution in [1.82, 2.24) is 0 Å². The van der Waals surface area contributed by atoms with E-state index < -0.39 is 5.97 Å². The van der Waals surface area contributed by atoms with Crippen LogP contribution in [0.15, 0.2) is 36.4 Å². The molecule has 2 aromatic carbocycles. The first-order valence-corrected chi connectivity index (χ1v) is 6.51. The van der Waals surface area contributed by atoms with Gasteiger partial charge in [-0.2, -0.15) is 0 Å². The first-order chi connectivity index (χ1) is 10.0. The number of anilines is 3. The summed E-state index contributed by atoms with van der Waals surface area (Å²) in [4.78, 5) is 11.6. The highest BCUT2D eigenvalue weighted by Gasteiger charge is 2.11. The molecular formula is C15H15ClN2O3. The Bertz CT molecular complexity index is 674. The summed E-state index contributed by atoms with van der Waals surface area (Å²) in [6.07, 6.45) is 0. The van der Waals surface area contributed by atoms with Crippen molar-refractivity contribution >= 4 is 34.6 Å². The van der Waals surface area contributed by atoms with Crippen LogP contribution < -0.4 is 15.8 Å². The van der Waals surface area contributed by atoms with E-state index in [9.17, 15) is 4.79 Å². The maximum Gasteiger partial charge on any atom is 0.340 e. The molecule has 2 aromatic rings. The van der Waals surface area contributed by atoms with Crippen LogP contribution in [0.3, 0.4) is 0 Å². The zero-order chi connectivity index (χ0) is 15.4. The van der Waals surface area contributed by atoms with Gasteiger partial charge in [0.2, 0.25) is 0 Å². The zero-order valence-corrected chi connectivity index (χ0v) is 12.4. The minimum atomic E-state index is -0.493. The third-order valence-corrected chi connectivity index (χ3v) is 3.24. The SMILES string of the molecule is COC(=O)c1cc(Nc2cc(OC)ccc2Cl)ccc1N. The summed E-state index contributed by atoms with van der Waals surface area (Å²) in [7, 11) is 2.88. The number of nitrogens with one attached hydrogen (secondary N) is 1.